The molecule has 2 aromatic rings. The van der Waals surface area contributed by atoms with Crippen LogP contribution >= 0.6 is 0 Å². The molecule has 0 spiro atoms. The molecule has 3 rings (SSSR count). The molecule has 96 valence electrons. The largest absolute Gasteiger partial charge is 0.379 e. The van der Waals surface area contributed by atoms with Crippen molar-refractivity contribution in [1.29, 1.82) is 0 Å². The van der Waals surface area contributed by atoms with Crippen molar-refractivity contribution in [2.45, 2.75) is 18.9 Å². The van der Waals surface area contributed by atoms with Crippen LogP contribution in [0.15, 0.2) is 18.5 Å². The van der Waals surface area contributed by atoms with Gasteiger partial charge in [-0.3, -0.25) is 4.98 Å². The quantitative estimate of drug-likeness (QED) is 0.880. The number of nitrogens with one attached hydrogen (secondary N) is 1. The number of rotatable bonds is 3. The Labute approximate surface area is 106 Å². The van der Waals surface area contributed by atoms with Gasteiger partial charge in [0.2, 0.25) is 0 Å². The second-order valence-electron chi connectivity index (χ2n) is 4.70. The minimum absolute atomic E-state index is 0.322. The van der Waals surface area contributed by atoms with E-state index in [1.807, 2.05) is 19.3 Å². The Kier molecular flexibility index (Phi) is 3.01. The molecular weight excluding hydrogens is 228 g/mol. The van der Waals surface area contributed by atoms with Crippen molar-refractivity contribution in [2.75, 3.05) is 19.8 Å². The first-order chi connectivity index (χ1) is 8.81. The molecule has 2 atom stereocenters. The molecule has 0 aliphatic carbocycles. The number of imidazole rings is 1. The van der Waals surface area contributed by atoms with E-state index in [2.05, 4.69) is 21.8 Å². The highest BCUT2D eigenvalue weighted by Gasteiger charge is 2.32. The molecule has 2 unspecified atom stereocenters. The fourth-order valence-corrected chi connectivity index (χ4v) is 2.66. The van der Waals surface area contributed by atoms with E-state index in [9.17, 15) is 0 Å². The fraction of sp³-hybridized carbons (Fsp3) is 0.538. The van der Waals surface area contributed by atoms with Crippen LogP contribution in [0.2, 0.25) is 0 Å². The molecule has 0 amide bonds. The first-order valence-electron chi connectivity index (χ1n) is 6.38. The molecule has 18 heavy (non-hydrogen) atoms. The van der Waals surface area contributed by atoms with Crippen LogP contribution in [0.3, 0.4) is 0 Å². The predicted molar refractivity (Wildman–Crippen MR) is 69.5 cm³/mol. The highest BCUT2D eigenvalue weighted by atomic mass is 16.5. The third kappa shape index (κ3) is 1.79. The lowest BCUT2D eigenvalue weighted by Gasteiger charge is -2.17. The SMILES string of the molecule is CCNC1COCC1c1nc2ccncc2n1C. The van der Waals surface area contributed by atoms with E-state index >= 15 is 0 Å². The number of likely N-dealkylation sites (N-methyl/N-ethyl adjacent to an activating group) is 1. The summed E-state index contributed by atoms with van der Waals surface area (Å²) in [5.41, 5.74) is 2.08. The second-order valence-corrected chi connectivity index (χ2v) is 4.70. The molecule has 1 fully saturated rings. The molecule has 5 heteroatoms. The lowest BCUT2D eigenvalue weighted by molar-refractivity contribution is 0.187. The molecule has 0 aromatic carbocycles. The van der Waals surface area contributed by atoms with Crippen molar-refractivity contribution in [3.05, 3.63) is 24.3 Å². The minimum atomic E-state index is 0.322. The highest BCUT2D eigenvalue weighted by molar-refractivity contribution is 5.74. The number of aromatic nitrogens is 3. The van der Waals surface area contributed by atoms with Gasteiger partial charge in [0, 0.05) is 19.3 Å². The van der Waals surface area contributed by atoms with Gasteiger partial charge in [0.1, 0.15) is 5.82 Å². The summed E-state index contributed by atoms with van der Waals surface area (Å²) in [6, 6.07) is 2.31. The fourth-order valence-electron chi connectivity index (χ4n) is 2.66. The van der Waals surface area contributed by atoms with Crippen molar-refractivity contribution < 1.29 is 4.74 Å². The summed E-state index contributed by atoms with van der Waals surface area (Å²) in [5, 5.41) is 3.47. The van der Waals surface area contributed by atoms with Crippen LogP contribution < -0.4 is 5.32 Å². The molecule has 1 N–H and O–H groups in total. The summed E-state index contributed by atoms with van der Waals surface area (Å²) in [6.07, 6.45) is 3.65. The Hall–Kier alpha value is -1.46. The Balaban J connectivity index is 2.00. The van der Waals surface area contributed by atoms with Gasteiger partial charge >= 0.3 is 0 Å². The summed E-state index contributed by atoms with van der Waals surface area (Å²) < 4.78 is 7.73. The second kappa shape index (κ2) is 4.66. The van der Waals surface area contributed by atoms with Crippen LogP contribution in [0, 0.1) is 0 Å². The van der Waals surface area contributed by atoms with E-state index in [1.54, 1.807) is 6.20 Å². The molecule has 5 nitrogen and oxygen atoms in total. The lowest BCUT2D eigenvalue weighted by Crippen LogP contribution is -2.35. The summed E-state index contributed by atoms with van der Waals surface area (Å²) in [6.45, 7) is 4.58. The van der Waals surface area contributed by atoms with Crippen molar-refractivity contribution in [3.63, 3.8) is 0 Å². The Bertz CT molecular complexity index is 551. The molecule has 0 saturated carbocycles. The van der Waals surface area contributed by atoms with E-state index < -0.39 is 0 Å². The van der Waals surface area contributed by atoms with E-state index in [1.165, 1.54) is 0 Å². The summed E-state index contributed by atoms with van der Waals surface area (Å²) in [5.74, 6) is 1.41. The maximum atomic E-state index is 5.60. The van der Waals surface area contributed by atoms with Crippen LogP contribution in [0.1, 0.15) is 18.7 Å². The van der Waals surface area contributed by atoms with Gasteiger partial charge in [-0.2, -0.15) is 0 Å². The van der Waals surface area contributed by atoms with E-state index in [-0.39, 0.29) is 0 Å². The molecule has 0 radical (unpaired) electrons. The van der Waals surface area contributed by atoms with Crippen molar-refractivity contribution in [1.82, 2.24) is 19.9 Å². The van der Waals surface area contributed by atoms with Crippen LogP contribution in [0.4, 0.5) is 0 Å². The van der Waals surface area contributed by atoms with Gasteiger partial charge in [-0.05, 0) is 12.6 Å². The van der Waals surface area contributed by atoms with Gasteiger partial charge < -0.3 is 14.6 Å². The summed E-state index contributed by atoms with van der Waals surface area (Å²) >= 11 is 0. The zero-order valence-electron chi connectivity index (χ0n) is 10.8. The standard InChI is InChI=1S/C13H18N4O/c1-3-15-11-8-18-7-9(11)13-16-10-4-5-14-6-12(10)17(13)2/h4-6,9,11,15H,3,7-8H2,1-2H3. The third-order valence-electron chi connectivity index (χ3n) is 3.60. The predicted octanol–water partition coefficient (Wildman–Crippen LogP) is 1.06. The molecule has 1 saturated heterocycles. The normalized spacial score (nSPS) is 23.9. The number of pyridine rings is 1. The Morgan fingerprint density at radius 3 is 3.17 bits per heavy atom. The molecule has 0 bridgehead atoms. The molecule has 3 heterocycles. The topological polar surface area (TPSA) is 52.0 Å². The number of hydrogen-bond donors (Lipinski definition) is 1. The summed E-state index contributed by atoms with van der Waals surface area (Å²) in [4.78, 5) is 8.89. The zero-order valence-corrected chi connectivity index (χ0v) is 10.8. The highest BCUT2D eigenvalue weighted by Crippen LogP contribution is 2.27. The first kappa shape index (κ1) is 11.6. The average molecular weight is 246 g/mol. The molecule has 1 aliphatic heterocycles. The third-order valence-corrected chi connectivity index (χ3v) is 3.60. The first-order valence-corrected chi connectivity index (χ1v) is 6.38. The molecule has 1 aliphatic rings. The monoisotopic (exact) mass is 246 g/mol. The lowest BCUT2D eigenvalue weighted by atomic mass is 10.0. The van der Waals surface area contributed by atoms with Crippen molar-refractivity contribution >= 4 is 11.0 Å². The van der Waals surface area contributed by atoms with Crippen LogP contribution in [-0.2, 0) is 11.8 Å². The van der Waals surface area contributed by atoms with E-state index in [4.69, 9.17) is 9.72 Å². The van der Waals surface area contributed by atoms with Gasteiger partial charge in [0.05, 0.1) is 36.4 Å². The van der Waals surface area contributed by atoms with Gasteiger partial charge in [0.15, 0.2) is 0 Å². The van der Waals surface area contributed by atoms with E-state index in [0.717, 1.165) is 36.6 Å². The van der Waals surface area contributed by atoms with Crippen LogP contribution in [-0.4, -0.2) is 40.3 Å². The number of ether oxygens (including phenoxy) is 1. The van der Waals surface area contributed by atoms with Gasteiger partial charge in [-0.25, -0.2) is 4.98 Å². The zero-order chi connectivity index (χ0) is 12.5. The number of nitrogens with zero attached hydrogens (tertiary/aromatic N) is 3. The van der Waals surface area contributed by atoms with Gasteiger partial charge in [0.25, 0.3) is 0 Å². The summed E-state index contributed by atoms with van der Waals surface area (Å²) in [7, 11) is 2.05. The maximum absolute atomic E-state index is 5.60. The van der Waals surface area contributed by atoms with Crippen molar-refractivity contribution in [2.24, 2.45) is 7.05 Å². The van der Waals surface area contributed by atoms with Gasteiger partial charge in [-0.1, -0.05) is 6.92 Å². The van der Waals surface area contributed by atoms with Gasteiger partial charge in [-0.15, -0.1) is 0 Å². The Morgan fingerprint density at radius 1 is 1.50 bits per heavy atom. The average Bonchev–Trinajstić information content (AvgIpc) is 2.96. The number of fused-ring (bicyclic) bond motifs is 1. The number of aryl methyl sites for hydroxylation is 1. The molecule has 2 aromatic heterocycles. The maximum Gasteiger partial charge on any atom is 0.116 e. The molecular formula is C13H18N4O. The smallest absolute Gasteiger partial charge is 0.116 e. The number of hydrogen-bond acceptors (Lipinski definition) is 4. The van der Waals surface area contributed by atoms with Crippen molar-refractivity contribution in [3.8, 4) is 0 Å². The Morgan fingerprint density at radius 2 is 2.39 bits per heavy atom. The minimum Gasteiger partial charge on any atom is -0.379 e. The van der Waals surface area contributed by atoms with Crippen LogP contribution in [0.5, 0.6) is 0 Å². The van der Waals surface area contributed by atoms with E-state index in [0.29, 0.717) is 12.0 Å². The van der Waals surface area contributed by atoms with Crippen LogP contribution in [0.25, 0.3) is 11.0 Å².